The van der Waals surface area contributed by atoms with Crippen LogP contribution in [0.4, 0.5) is 4.39 Å². The Hall–Kier alpha value is -1.38. The second kappa shape index (κ2) is 3.33. The van der Waals surface area contributed by atoms with Gasteiger partial charge in [-0.25, -0.2) is 4.39 Å². The fourth-order valence-corrected chi connectivity index (χ4v) is 2.03. The molecule has 2 nitrogen and oxygen atoms in total. The van der Waals surface area contributed by atoms with E-state index in [9.17, 15) is 9.18 Å². The third-order valence-electron chi connectivity index (χ3n) is 2.86. The number of rotatable bonds is 1. The van der Waals surface area contributed by atoms with Crippen LogP contribution in [0.25, 0.3) is 0 Å². The molecule has 1 saturated heterocycles. The zero-order valence-electron chi connectivity index (χ0n) is 8.79. The first kappa shape index (κ1) is 10.1. The average molecular weight is 208 g/mol. The molecule has 1 fully saturated rings. The first-order valence-corrected chi connectivity index (χ1v) is 4.96. The molecule has 1 aromatic carbocycles. The summed E-state index contributed by atoms with van der Waals surface area (Å²) in [7, 11) is 0. The molecular formula is C12H13FO2. The Kier molecular flexibility index (Phi) is 2.25. The van der Waals surface area contributed by atoms with E-state index in [2.05, 4.69) is 0 Å². The van der Waals surface area contributed by atoms with E-state index in [0.717, 1.165) is 5.56 Å². The summed E-state index contributed by atoms with van der Waals surface area (Å²) >= 11 is 0. The number of benzene rings is 1. The highest BCUT2D eigenvalue weighted by Crippen LogP contribution is 2.40. The molecule has 0 unspecified atom stereocenters. The van der Waals surface area contributed by atoms with Crippen LogP contribution in [0, 0.1) is 5.82 Å². The van der Waals surface area contributed by atoms with Crippen molar-refractivity contribution >= 4 is 5.97 Å². The Morgan fingerprint density at radius 1 is 1.33 bits per heavy atom. The standard InChI is InChI=1S/C12H13FO2/c1-12(2)10(7-11(14)15-12)8-3-5-9(13)6-4-8/h3-6,10H,7H2,1-2H3/t10-/m1/s1. The summed E-state index contributed by atoms with van der Waals surface area (Å²) in [6.45, 7) is 3.76. The third kappa shape index (κ3) is 1.87. The Balaban J connectivity index is 2.31. The monoisotopic (exact) mass is 208 g/mol. The summed E-state index contributed by atoms with van der Waals surface area (Å²) in [6, 6.07) is 6.25. The highest BCUT2D eigenvalue weighted by molar-refractivity contribution is 5.74. The second-order valence-electron chi connectivity index (χ2n) is 4.39. The smallest absolute Gasteiger partial charge is 0.307 e. The molecule has 1 heterocycles. The van der Waals surface area contributed by atoms with E-state index in [-0.39, 0.29) is 17.7 Å². The van der Waals surface area contributed by atoms with E-state index in [1.165, 1.54) is 12.1 Å². The lowest BCUT2D eigenvalue weighted by Gasteiger charge is -2.24. The minimum atomic E-state index is -0.491. The van der Waals surface area contributed by atoms with E-state index in [1.54, 1.807) is 12.1 Å². The summed E-state index contributed by atoms with van der Waals surface area (Å²) in [5, 5.41) is 0. The van der Waals surface area contributed by atoms with E-state index in [1.807, 2.05) is 13.8 Å². The predicted octanol–water partition coefficient (Wildman–Crippen LogP) is 2.63. The fourth-order valence-electron chi connectivity index (χ4n) is 2.03. The molecule has 80 valence electrons. The van der Waals surface area contributed by atoms with Gasteiger partial charge in [0.1, 0.15) is 11.4 Å². The molecule has 15 heavy (non-hydrogen) atoms. The quantitative estimate of drug-likeness (QED) is 0.663. The van der Waals surface area contributed by atoms with Crippen LogP contribution in [-0.4, -0.2) is 11.6 Å². The van der Waals surface area contributed by atoms with Gasteiger partial charge in [-0.15, -0.1) is 0 Å². The lowest BCUT2D eigenvalue weighted by Crippen LogP contribution is -2.25. The summed E-state index contributed by atoms with van der Waals surface area (Å²) in [6.07, 6.45) is 0.374. The fraction of sp³-hybridized carbons (Fsp3) is 0.417. The van der Waals surface area contributed by atoms with Gasteiger partial charge in [-0.05, 0) is 31.5 Å². The second-order valence-corrected chi connectivity index (χ2v) is 4.39. The molecule has 0 aromatic heterocycles. The van der Waals surface area contributed by atoms with Gasteiger partial charge in [-0.3, -0.25) is 4.79 Å². The summed E-state index contributed by atoms with van der Waals surface area (Å²) in [5.74, 6) is -0.429. The van der Waals surface area contributed by atoms with Crippen LogP contribution < -0.4 is 0 Å². The predicted molar refractivity (Wildman–Crippen MR) is 53.9 cm³/mol. The van der Waals surface area contributed by atoms with Gasteiger partial charge < -0.3 is 4.74 Å². The normalized spacial score (nSPS) is 23.9. The van der Waals surface area contributed by atoms with Crippen LogP contribution in [0.3, 0.4) is 0 Å². The lowest BCUT2D eigenvalue weighted by molar-refractivity contribution is -0.146. The van der Waals surface area contributed by atoms with Gasteiger partial charge in [-0.2, -0.15) is 0 Å². The zero-order chi connectivity index (χ0) is 11.1. The maximum atomic E-state index is 12.7. The molecule has 1 aliphatic heterocycles. The van der Waals surface area contributed by atoms with Crippen LogP contribution in [-0.2, 0) is 9.53 Å². The number of hydrogen-bond donors (Lipinski definition) is 0. The Bertz CT molecular complexity index is 381. The molecule has 0 N–H and O–H groups in total. The van der Waals surface area contributed by atoms with Crippen molar-refractivity contribution in [2.24, 2.45) is 0 Å². The van der Waals surface area contributed by atoms with Crippen LogP contribution >= 0.6 is 0 Å². The molecule has 0 radical (unpaired) electrons. The Morgan fingerprint density at radius 3 is 2.40 bits per heavy atom. The number of carbonyl (C=O) groups is 1. The number of cyclic esters (lactones) is 1. The molecule has 1 atom stereocenters. The number of carbonyl (C=O) groups excluding carboxylic acids is 1. The number of esters is 1. The van der Waals surface area contributed by atoms with Crippen LogP contribution in [0.2, 0.25) is 0 Å². The molecule has 1 aromatic rings. The SMILES string of the molecule is CC1(C)OC(=O)C[C@@H]1c1ccc(F)cc1. The molecule has 3 heteroatoms. The van der Waals surface area contributed by atoms with Crippen molar-refractivity contribution in [3.05, 3.63) is 35.6 Å². The van der Waals surface area contributed by atoms with Crippen molar-refractivity contribution < 1.29 is 13.9 Å². The number of halogens is 1. The van der Waals surface area contributed by atoms with Crippen molar-refractivity contribution in [2.75, 3.05) is 0 Å². The van der Waals surface area contributed by atoms with Gasteiger partial charge in [0.05, 0.1) is 6.42 Å². The van der Waals surface area contributed by atoms with Gasteiger partial charge in [0.2, 0.25) is 0 Å². The van der Waals surface area contributed by atoms with E-state index in [0.29, 0.717) is 6.42 Å². The minimum Gasteiger partial charge on any atom is -0.459 e. The Morgan fingerprint density at radius 2 is 1.93 bits per heavy atom. The maximum Gasteiger partial charge on any atom is 0.307 e. The van der Waals surface area contributed by atoms with Crippen molar-refractivity contribution in [3.63, 3.8) is 0 Å². The first-order valence-electron chi connectivity index (χ1n) is 4.96. The van der Waals surface area contributed by atoms with E-state index >= 15 is 0 Å². The largest absolute Gasteiger partial charge is 0.459 e. The van der Waals surface area contributed by atoms with Crippen LogP contribution in [0.1, 0.15) is 31.7 Å². The number of hydrogen-bond acceptors (Lipinski definition) is 2. The van der Waals surface area contributed by atoms with Crippen molar-refractivity contribution in [1.29, 1.82) is 0 Å². The molecule has 1 aliphatic rings. The minimum absolute atomic E-state index is 0.0191. The van der Waals surface area contributed by atoms with Gasteiger partial charge in [-0.1, -0.05) is 12.1 Å². The van der Waals surface area contributed by atoms with E-state index in [4.69, 9.17) is 4.74 Å². The molecule has 0 aliphatic carbocycles. The number of ether oxygens (including phenoxy) is 1. The van der Waals surface area contributed by atoms with Gasteiger partial charge in [0, 0.05) is 5.92 Å². The third-order valence-corrected chi connectivity index (χ3v) is 2.86. The van der Waals surface area contributed by atoms with Crippen molar-refractivity contribution in [3.8, 4) is 0 Å². The average Bonchev–Trinajstić information content (AvgIpc) is 2.41. The van der Waals surface area contributed by atoms with Gasteiger partial charge in [0.25, 0.3) is 0 Å². The van der Waals surface area contributed by atoms with Crippen LogP contribution in [0.15, 0.2) is 24.3 Å². The molecule has 0 amide bonds. The van der Waals surface area contributed by atoms with Gasteiger partial charge in [0.15, 0.2) is 0 Å². The van der Waals surface area contributed by atoms with Gasteiger partial charge >= 0.3 is 5.97 Å². The molecule has 0 bridgehead atoms. The van der Waals surface area contributed by atoms with E-state index < -0.39 is 5.60 Å². The molecule has 0 saturated carbocycles. The summed E-state index contributed by atoms with van der Waals surface area (Å²) in [5.41, 5.74) is 0.460. The van der Waals surface area contributed by atoms with Crippen LogP contribution in [0.5, 0.6) is 0 Å². The van der Waals surface area contributed by atoms with Crippen molar-refractivity contribution in [1.82, 2.24) is 0 Å². The lowest BCUT2D eigenvalue weighted by atomic mass is 9.84. The highest BCUT2D eigenvalue weighted by atomic mass is 19.1. The zero-order valence-corrected chi connectivity index (χ0v) is 8.79. The van der Waals surface area contributed by atoms with Crippen molar-refractivity contribution in [2.45, 2.75) is 31.8 Å². The maximum absolute atomic E-state index is 12.7. The highest BCUT2D eigenvalue weighted by Gasteiger charge is 2.42. The molecular weight excluding hydrogens is 195 g/mol. The summed E-state index contributed by atoms with van der Waals surface area (Å²) in [4.78, 5) is 11.2. The topological polar surface area (TPSA) is 26.3 Å². The Labute approximate surface area is 88.1 Å². The summed E-state index contributed by atoms with van der Waals surface area (Å²) < 4.78 is 18.0. The molecule has 2 rings (SSSR count). The molecule has 0 spiro atoms. The first-order chi connectivity index (χ1) is 6.99.